The van der Waals surface area contributed by atoms with Crippen LogP contribution in [0, 0.1) is 0 Å². The Labute approximate surface area is 142 Å². The number of hydrogen-bond acceptors (Lipinski definition) is 4. The van der Waals surface area contributed by atoms with Crippen molar-refractivity contribution in [2.45, 2.75) is 38.6 Å². The zero-order valence-electron chi connectivity index (χ0n) is 14.1. The van der Waals surface area contributed by atoms with Crippen molar-refractivity contribution in [3.63, 3.8) is 0 Å². The summed E-state index contributed by atoms with van der Waals surface area (Å²) >= 11 is 0. The summed E-state index contributed by atoms with van der Waals surface area (Å²) < 4.78 is 0. The molecule has 1 atom stereocenters. The number of carbonyl (C=O) groups is 1. The minimum Gasteiger partial charge on any atom is -0.478 e. The number of hydrogen-bond donors (Lipinski definition) is 1. The van der Waals surface area contributed by atoms with Crippen molar-refractivity contribution >= 4 is 5.97 Å². The minimum atomic E-state index is -0.933. The Bertz CT molecular complexity index is 713. The molecular weight excluding hydrogens is 302 g/mol. The molecule has 0 radical (unpaired) electrons. The van der Waals surface area contributed by atoms with Gasteiger partial charge in [-0.25, -0.2) is 4.79 Å². The van der Waals surface area contributed by atoms with Crippen LogP contribution < -0.4 is 0 Å². The molecule has 1 saturated heterocycles. The summed E-state index contributed by atoms with van der Waals surface area (Å²) in [7, 11) is 0. The van der Waals surface area contributed by atoms with Crippen LogP contribution in [0.5, 0.6) is 0 Å². The molecule has 1 aromatic heterocycles. The fourth-order valence-corrected chi connectivity index (χ4v) is 3.23. The van der Waals surface area contributed by atoms with Gasteiger partial charge < -0.3 is 10.0 Å². The zero-order chi connectivity index (χ0) is 17.1. The normalized spacial score (nSPS) is 18.7. The van der Waals surface area contributed by atoms with E-state index in [4.69, 9.17) is 5.11 Å². The van der Waals surface area contributed by atoms with E-state index in [-0.39, 0.29) is 5.56 Å². The first kappa shape index (κ1) is 16.6. The summed E-state index contributed by atoms with van der Waals surface area (Å²) in [4.78, 5) is 22.7. The summed E-state index contributed by atoms with van der Waals surface area (Å²) in [5.41, 5.74) is 2.77. The number of aromatic carboxylic acids is 1. The van der Waals surface area contributed by atoms with Gasteiger partial charge in [0.1, 0.15) is 0 Å². The Morgan fingerprint density at radius 2 is 2.12 bits per heavy atom. The Morgan fingerprint density at radius 3 is 2.79 bits per heavy atom. The van der Waals surface area contributed by atoms with Crippen molar-refractivity contribution in [1.82, 2.24) is 14.9 Å². The Kier molecular flexibility index (Phi) is 4.90. The summed E-state index contributed by atoms with van der Waals surface area (Å²) in [5.74, 6) is -0.509. The van der Waals surface area contributed by atoms with Crippen LogP contribution in [0.2, 0.25) is 0 Å². The second-order valence-electron chi connectivity index (χ2n) is 6.64. The molecule has 2 heterocycles. The van der Waals surface area contributed by atoms with E-state index in [1.807, 2.05) is 12.3 Å². The number of aromatic nitrogens is 2. The number of piperidine rings is 1. The molecule has 24 heavy (non-hydrogen) atoms. The quantitative estimate of drug-likeness (QED) is 0.933. The second kappa shape index (κ2) is 7.09. The van der Waals surface area contributed by atoms with E-state index in [0.29, 0.717) is 17.7 Å². The Balaban J connectivity index is 1.78. The van der Waals surface area contributed by atoms with Gasteiger partial charge in [-0.2, -0.15) is 0 Å². The topological polar surface area (TPSA) is 66.3 Å². The van der Waals surface area contributed by atoms with Gasteiger partial charge in [0.25, 0.3) is 0 Å². The first-order valence-electron chi connectivity index (χ1n) is 8.44. The van der Waals surface area contributed by atoms with Gasteiger partial charge in [0.15, 0.2) is 0 Å². The van der Waals surface area contributed by atoms with E-state index >= 15 is 0 Å². The predicted octanol–water partition coefficient (Wildman–Crippen LogP) is 3.43. The largest absolute Gasteiger partial charge is 0.478 e. The number of nitrogens with zero attached hydrogens (tertiary/aromatic N) is 3. The molecule has 0 spiro atoms. The maximum atomic E-state index is 11.1. The number of benzene rings is 1. The van der Waals surface area contributed by atoms with Gasteiger partial charge in [-0.05, 0) is 45.4 Å². The van der Waals surface area contributed by atoms with Crippen molar-refractivity contribution in [2.24, 2.45) is 0 Å². The van der Waals surface area contributed by atoms with E-state index in [9.17, 15) is 4.79 Å². The molecule has 126 valence electrons. The Morgan fingerprint density at radius 1 is 1.29 bits per heavy atom. The SMILES string of the molecule is CC(C)N1CCC[C@@H](c2cnc(-c3cccc(C(=O)O)c3)cn2)C1. The minimum absolute atomic E-state index is 0.262. The molecule has 0 aliphatic carbocycles. The van der Waals surface area contributed by atoms with Gasteiger partial charge in [0.05, 0.1) is 23.1 Å². The average molecular weight is 325 g/mol. The monoisotopic (exact) mass is 325 g/mol. The third kappa shape index (κ3) is 3.62. The van der Waals surface area contributed by atoms with Crippen molar-refractivity contribution in [1.29, 1.82) is 0 Å². The highest BCUT2D eigenvalue weighted by atomic mass is 16.4. The van der Waals surface area contributed by atoms with Gasteiger partial charge in [-0.1, -0.05) is 12.1 Å². The van der Waals surface area contributed by atoms with Crippen LogP contribution in [0.4, 0.5) is 0 Å². The molecule has 1 aliphatic rings. The standard InChI is InChI=1S/C19H23N3O2/c1-13(2)22-8-4-7-16(12-22)18-11-20-17(10-21-18)14-5-3-6-15(9-14)19(23)24/h3,5-6,9-11,13,16H,4,7-8,12H2,1-2H3,(H,23,24)/t16-/m1/s1. The van der Waals surface area contributed by atoms with E-state index < -0.39 is 5.97 Å². The molecule has 0 unspecified atom stereocenters. The fourth-order valence-electron chi connectivity index (χ4n) is 3.23. The predicted molar refractivity (Wildman–Crippen MR) is 93.1 cm³/mol. The molecule has 0 bridgehead atoms. The zero-order valence-corrected chi connectivity index (χ0v) is 14.1. The number of rotatable bonds is 4. The van der Waals surface area contributed by atoms with Gasteiger partial charge >= 0.3 is 5.97 Å². The summed E-state index contributed by atoms with van der Waals surface area (Å²) in [5, 5.41) is 9.10. The van der Waals surface area contributed by atoms with Crippen molar-refractivity contribution in [3.05, 3.63) is 47.9 Å². The molecule has 5 heteroatoms. The van der Waals surface area contributed by atoms with Crippen molar-refractivity contribution < 1.29 is 9.90 Å². The van der Waals surface area contributed by atoms with Gasteiger partial charge in [0, 0.05) is 30.3 Å². The lowest BCUT2D eigenvalue weighted by Crippen LogP contribution is -2.39. The van der Waals surface area contributed by atoms with Gasteiger partial charge in [-0.15, -0.1) is 0 Å². The third-order valence-electron chi connectivity index (χ3n) is 4.68. The van der Waals surface area contributed by atoms with Crippen molar-refractivity contribution in [3.8, 4) is 11.3 Å². The lowest BCUT2D eigenvalue weighted by atomic mass is 9.94. The van der Waals surface area contributed by atoms with E-state index in [2.05, 4.69) is 28.7 Å². The number of carboxylic acid groups (broad SMARTS) is 1. The Hall–Kier alpha value is -2.27. The summed E-state index contributed by atoms with van der Waals surface area (Å²) in [6, 6.07) is 7.36. The highest BCUT2D eigenvalue weighted by Gasteiger charge is 2.24. The molecule has 2 aromatic rings. The van der Waals surface area contributed by atoms with Crippen LogP contribution in [0.3, 0.4) is 0 Å². The fraction of sp³-hybridized carbons (Fsp3) is 0.421. The highest BCUT2D eigenvalue weighted by Crippen LogP contribution is 2.27. The van der Waals surface area contributed by atoms with Crippen LogP contribution in [-0.2, 0) is 0 Å². The molecular formula is C19H23N3O2. The van der Waals surface area contributed by atoms with E-state index in [0.717, 1.165) is 30.8 Å². The van der Waals surface area contributed by atoms with Crippen LogP contribution in [-0.4, -0.2) is 45.1 Å². The molecule has 1 fully saturated rings. The van der Waals surface area contributed by atoms with Gasteiger partial charge in [-0.3, -0.25) is 9.97 Å². The third-order valence-corrected chi connectivity index (χ3v) is 4.68. The molecule has 3 rings (SSSR count). The average Bonchev–Trinajstić information content (AvgIpc) is 2.62. The van der Waals surface area contributed by atoms with Gasteiger partial charge in [0.2, 0.25) is 0 Å². The molecule has 1 aliphatic heterocycles. The van der Waals surface area contributed by atoms with Crippen LogP contribution >= 0.6 is 0 Å². The molecule has 0 saturated carbocycles. The lowest BCUT2D eigenvalue weighted by Gasteiger charge is -2.35. The number of likely N-dealkylation sites (tertiary alicyclic amines) is 1. The summed E-state index contributed by atoms with van der Waals surface area (Å²) in [6.07, 6.45) is 5.93. The van der Waals surface area contributed by atoms with Crippen molar-refractivity contribution in [2.75, 3.05) is 13.1 Å². The summed E-state index contributed by atoms with van der Waals surface area (Å²) in [6.45, 7) is 6.64. The maximum Gasteiger partial charge on any atom is 0.335 e. The second-order valence-corrected chi connectivity index (χ2v) is 6.64. The van der Waals surface area contributed by atoms with Crippen LogP contribution in [0.15, 0.2) is 36.7 Å². The van der Waals surface area contributed by atoms with Crippen LogP contribution in [0.1, 0.15) is 48.7 Å². The molecule has 1 N–H and O–H groups in total. The molecule has 5 nitrogen and oxygen atoms in total. The lowest BCUT2D eigenvalue weighted by molar-refractivity contribution is 0.0697. The first-order valence-corrected chi connectivity index (χ1v) is 8.44. The smallest absolute Gasteiger partial charge is 0.335 e. The first-order chi connectivity index (χ1) is 11.5. The van der Waals surface area contributed by atoms with E-state index in [1.54, 1.807) is 24.4 Å². The maximum absolute atomic E-state index is 11.1. The van der Waals surface area contributed by atoms with E-state index in [1.165, 1.54) is 6.42 Å². The molecule has 1 aromatic carbocycles. The number of carboxylic acids is 1. The molecule has 0 amide bonds. The highest BCUT2D eigenvalue weighted by molar-refractivity contribution is 5.89. The van der Waals surface area contributed by atoms with Crippen LogP contribution in [0.25, 0.3) is 11.3 Å².